The van der Waals surface area contributed by atoms with Crippen LogP contribution in [0.25, 0.3) is 0 Å². The first-order chi connectivity index (χ1) is 16.4. The lowest BCUT2D eigenvalue weighted by Gasteiger charge is -2.27. The molecule has 0 saturated carbocycles. The number of anilines is 1. The van der Waals surface area contributed by atoms with Crippen molar-refractivity contribution >= 4 is 28.2 Å². The molecule has 1 aliphatic rings. The summed E-state index contributed by atoms with van der Waals surface area (Å²) in [7, 11) is 1.61. The smallest absolute Gasteiger partial charge is 0.242 e. The lowest BCUT2D eigenvalue weighted by Crippen LogP contribution is -2.37. The van der Waals surface area contributed by atoms with E-state index < -0.39 is 0 Å². The van der Waals surface area contributed by atoms with Crippen LogP contribution in [0.1, 0.15) is 39.5 Å². The van der Waals surface area contributed by atoms with E-state index in [1.165, 1.54) is 11.3 Å². The molecule has 0 unspecified atom stereocenters. The summed E-state index contributed by atoms with van der Waals surface area (Å²) < 4.78 is 7.09. The summed E-state index contributed by atoms with van der Waals surface area (Å²) in [6.45, 7) is 5.03. The van der Waals surface area contributed by atoms with E-state index in [1.54, 1.807) is 7.11 Å². The van der Waals surface area contributed by atoms with Gasteiger partial charge in [0.05, 0.1) is 24.9 Å². The molecule has 0 radical (unpaired) electrons. The maximum atomic E-state index is 12.9. The predicted molar refractivity (Wildman–Crippen MR) is 130 cm³/mol. The minimum atomic E-state index is -0.142. The summed E-state index contributed by atoms with van der Waals surface area (Å²) in [6, 6.07) is 9.89. The third-order valence-electron chi connectivity index (χ3n) is 5.95. The van der Waals surface area contributed by atoms with Crippen molar-refractivity contribution in [2.24, 2.45) is 0 Å². The Hall–Kier alpha value is -3.64. The zero-order valence-corrected chi connectivity index (χ0v) is 20.4. The number of imidazole rings is 1. The molecule has 176 valence electrons. The van der Waals surface area contributed by atoms with Gasteiger partial charge in [-0.1, -0.05) is 12.1 Å². The molecule has 3 heterocycles. The van der Waals surface area contributed by atoms with E-state index >= 15 is 0 Å². The van der Waals surface area contributed by atoms with E-state index in [9.17, 15) is 14.9 Å². The number of methoxy groups -OCH3 is 1. The van der Waals surface area contributed by atoms with Crippen molar-refractivity contribution < 1.29 is 14.3 Å². The summed E-state index contributed by atoms with van der Waals surface area (Å²) in [4.78, 5) is 32.6. The summed E-state index contributed by atoms with van der Waals surface area (Å²) in [5.74, 6) is 1.44. The number of carbonyl (C=O) groups is 2. The van der Waals surface area contributed by atoms with E-state index in [0.717, 1.165) is 33.3 Å². The summed E-state index contributed by atoms with van der Waals surface area (Å²) in [5, 5.41) is 13.2. The number of hydrogen-bond acceptors (Lipinski definition) is 6. The number of aryl methyl sites for hydroxylation is 3. The molecule has 8 nitrogen and oxygen atoms in total. The van der Waals surface area contributed by atoms with Crippen molar-refractivity contribution in [1.82, 2.24) is 14.5 Å². The Morgan fingerprint density at radius 2 is 2.15 bits per heavy atom. The molecular weight excluding hydrogens is 450 g/mol. The first-order valence-electron chi connectivity index (χ1n) is 11.1. The maximum Gasteiger partial charge on any atom is 0.242 e. The monoisotopic (exact) mass is 477 g/mol. The number of rotatable bonds is 7. The van der Waals surface area contributed by atoms with Gasteiger partial charge in [0.25, 0.3) is 0 Å². The van der Waals surface area contributed by atoms with Crippen molar-refractivity contribution in [3.8, 4) is 11.8 Å². The average Bonchev–Trinajstić information content (AvgIpc) is 3.34. The molecule has 0 aliphatic carbocycles. The van der Waals surface area contributed by atoms with Crippen molar-refractivity contribution in [3.63, 3.8) is 0 Å². The van der Waals surface area contributed by atoms with Gasteiger partial charge in [-0.15, -0.1) is 11.3 Å². The minimum absolute atomic E-state index is 0.0157. The van der Waals surface area contributed by atoms with E-state index in [4.69, 9.17) is 4.74 Å². The molecule has 3 aromatic rings. The number of hydrogen-bond donors (Lipinski definition) is 1. The van der Waals surface area contributed by atoms with Crippen LogP contribution in [0.3, 0.4) is 0 Å². The molecule has 34 heavy (non-hydrogen) atoms. The molecule has 0 spiro atoms. The van der Waals surface area contributed by atoms with Gasteiger partial charge in [0.1, 0.15) is 29.2 Å². The number of benzene rings is 1. The van der Waals surface area contributed by atoms with Gasteiger partial charge in [0, 0.05) is 24.0 Å². The fraction of sp³-hybridized carbons (Fsp3) is 0.360. The fourth-order valence-electron chi connectivity index (χ4n) is 4.17. The first kappa shape index (κ1) is 23.5. The summed E-state index contributed by atoms with van der Waals surface area (Å²) in [6.07, 6.45) is 3.35. The molecule has 0 bridgehead atoms. The van der Waals surface area contributed by atoms with E-state index in [2.05, 4.69) is 16.4 Å². The Morgan fingerprint density at radius 1 is 1.32 bits per heavy atom. The molecular formula is C25H27N5O3S. The number of nitrogens with zero attached hydrogens (tertiary/aromatic N) is 4. The summed E-state index contributed by atoms with van der Waals surface area (Å²) >= 11 is 1.39. The van der Waals surface area contributed by atoms with E-state index in [1.807, 2.05) is 53.8 Å². The second kappa shape index (κ2) is 10.1. The third-order valence-corrected chi connectivity index (χ3v) is 7.08. The number of aromatic nitrogens is 2. The van der Waals surface area contributed by atoms with Crippen LogP contribution in [0.5, 0.6) is 5.75 Å². The fourth-order valence-corrected chi connectivity index (χ4v) is 5.40. The number of nitrogens with one attached hydrogen (secondary N) is 1. The van der Waals surface area contributed by atoms with Gasteiger partial charge in [0.2, 0.25) is 11.8 Å². The Bertz CT molecular complexity index is 1270. The molecule has 0 atom stereocenters. The number of thiophene rings is 1. The number of ether oxygens (including phenoxy) is 1. The second-order valence-corrected chi connectivity index (χ2v) is 9.45. The number of amides is 2. The highest BCUT2D eigenvalue weighted by atomic mass is 32.1. The lowest BCUT2D eigenvalue weighted by molar-refractivity contribution is -0.132. The molecule has 9 heteroatoms. The Morgan fingerprint density at radius 3 is 2.85 bits per heavy atom. The standard InChI is InChI=1S/C25H27N5O3S/c1-16-13-30(17(2)27-16)15-24(32)29-10-9-20-21(12-26)25(34-22(20)14-29)28-23(31)8-7-18-5-4-6-19(11-18)33-3/h4-6,11,13H,7-10,14-15H2,1-3H3,(H,28,31). The van der Waals surface area contributed by atoms with Crippen LogP contribution in [0.4, 0.5) is 5.00 Å². The first-order valence-corrected chi connectivity index (χ1v) is 11.9. The zero-order chi connectivity index (χ0) is 24.2. The van der Waals surface area contributed by atoms with Crippen molar-refractivity contribution in [1.29, 1.82) is 5.26 Å². The van der Waals surface area contributed by atoms with Crippen molar-refractivity contribution in [3.05, 3.63) is 63.5 Å². The van der Waals surface area contributed by atoms with E-state index in [-0.39, 0.29) is 18.4 Å². The van der Waals surface area contributed by atoms with Crippen LogP contribution in [0.2, 0.25) is 0 Å². The van der Waals surface area contributed by atoms with Gasteiger partial charge in [0.15, 0.2) is 0 Å². The zero-order valence-electron chi connectivity index (χ0n) is 19.6. The van der Waals surface area contributed by atoms with Gasteiger partial charge >= 0.3 is 0 Å². The lowest BCUT2D eigenvalue weighted by atomic mass is 10.0. The molecule has 2 amide bonds. The highest BCUT2D eigenvalue weighted by molar-refractivity contribution is 7.16. The Kier molecular flexibility index (Phi) is 6.98. The molecule has 1 N–H and O–H groups in total. The van der Waals surface area contributed by atoms with Gasteiger partial charge < -0.3 is 19.5 Å². The van der Waals surface area contributed by atoms with Crippen LogP contribution in [0.15, 0.2) is 30.5 Å². The Balaban J connectivity index is 1.40. The highest BCUT2D eigenvalue weighted by Gasteiger charge is 2.27. The number of nitriles is 1. The molecule has 2 aromatic heterocycles. The van der Waals surface area contributed by atoms with Gasteiger partial charge in [-0.25, -0.2) is 4.98 Å². The molecule has 0 fully saturated rings. The third kappa shape index (κ3) is 5.13. The topological polar surface area (TPSA) is 100 Å². The minimum Gasteiger partial charge on any atom is -0.497 e. The average molecular weight is 478 g/mol. The van der Waals surface area contributed by atoms with Crippen molar-refractivity contribution in [2.45, 2.75) is 46.2 Å². The van der Waals surface area contributed by atoms with Crippen LogP contribution in [0, 0.1) is 25.2 Å². The molecule has 1 aromatic carbocycles. The van der Waals surface area contributed by atoms with Crippen molar-refractivity contribution in [2.75, 3.05) is 19.0 Å². The predicted octanol–water partition coefficient (Wildman–Crippen LogP) is 3.60. The number of carbonyl (C=O) groups excluding carboxylic acids is 2. The van der Waals surface area contributed by atoms with Crippen LogP contribution >= 0.6 is 11.3 Å². The number of fused-ring (bicyclic) bond motifs is 1. The van der Waals surface area contributed by atoms with Crippen LogP contribution in [-0.4, -0.2) is 39.9 Å². The highest BCUT2D eigenvalue weighted by Crippen LogP contribution is 2.37. The molecule has 0 saturated heterocycles. The van der Waals surface area contributed by atoms with Gasteiger partial charge in [-0.05, 0) is 49.9 Å². The van der Waals surface area contributed by atoms with Crippen LogP contribution in [-0.2, 0) is 35.5 Å². The van der Waals surface area contributed by atoms with Gasteiger partial charge in [-0.2, -0.15) is 5.26 Å². The van der Waals surface area contributed by atoms with E-state index in [0.29, 0.717) is 42.9 Å². The molecule has 4 rings (SSSR count). The summed E-state index contributed by atoms with van der Waals surface area (Å²) in [5.41, 5.74) is 3.35. The SMILES string of the molecule is COc1cccc(CCC(=O)Nc2sc3c(c2C#N)CCN(C(=O)Cn2cc(C)nc2C)C3)c1. The largest absolute Gasteiger partial charge is 0.497 e. The second-order valence-electron chi connectivity index (χ2n) is 8.34. The van der Waals surface area contributed by atoms with Gasteiger partial charge in [-0.3, -0.25) is 9.59 Å². The maximum absolute atomic E-state index is 12.9. The van der Waals surface area contributed by atoms with Crippen LogP contribution < -0.4 is 10.1 Å². The normalized spacial score (nSPS) is 12.7. The quantitative estimate of drug-likeness (QED) is 0.560. The molecule has 1 aliphatic heterocycles. The Labute approximate surface area is 202 Å².